The molecular weight excluding hydrogens is 306 g/mol. The molecule has 1 aromatic heterocycles. The molecule has 0 aliphatic heterocycles. The Hall–Kier alpha value is -1.92. The molecule has 0 aromatic carbocycles. The van der Waals surface area contributed by atoms with Crippen LogP contribution in [0.1, 0.15) is 86.4 Å². The van der Waals surface area contributed by atoms with Crippen LogP contribution >= 0.6 is 0 Å². The van der Waals surface area contributed by atoms with Crippen molar-refractivity contribution in [2.24, 2.45) is 7.05 Å². The van der Waals surface area contributed by atoms with Crippen molar-refractivity contribution in [1.82, 2.24) is 15.1 Å². The summed E-state index contributed by atoms with van der Waals surface area (Å²) in [7, 11) is 1.63. The fourth-order valence-electron chi connectivity index (χ4n) is 3.92. The second-order valence-corrected chi connectivity index (χ2v) is 7.12. The van der Waals surface area contributed by atoms with E-state index < -0.39 is 5.91 Å². The van der Waals surface area contributed by atoms with Crippen molar-refractivity contribution < 1.29 is 9.52 Å². The van der Waals surface area contributed by atoms with Gasteiger partial charge in [-0.1, -0.05) is 38.5 Å². The van der Waals surface area contributed by atoms with Crippen molar-refractivity contribution >= 4 is 5.91 Å². The van der Waals surface area contributed by atoms with Gasteiger partial charge in [-0.15, -0.1) is 0 Å². The fraction of sp³-hybridized carbons (Fsp3) is 0.765. The zero-order valence-electron chi connectivity index (χ0n) is 14.4. The van der Waals surface area contributed by atoms with Crippen LogP contribution in [-0.2, 0) is 7.05 Å². The number of rotatable bonds is 3. The lowest BCUT2D eigenvalue weighted by Crippen LogP contribution is -2.54. The van der Waals surface area contributed by atoms with E-state index in [2.05, 4.69) is 10.4 Å². The number of nitrogens with zero attached hydrogens (tertiary/aromatic N) is 3. The van der Waals surface area contributed by atoms with Gasteiger partial charge >= 0.3 is 5.82 Å². The van der Waals surface area contributed by atoms with Gasteiger partial charge in [0.2, 0.25) is 11.2 Å². The van der Waals surface area contributed by atoms with Crippen molar-refractivity contribution in [1.29, 1.82) is 5.41 Å². The quantitative estimate of drug-likeness (QED) is 0.650. The van der Waals surface area contributed by atoms with Crippen LogP contribution in [0.3, 0.4) is 0 Å². The minimum Gasteiger partial charge on any atom is -0.710 e. The average Bonchev–Trinajstić information content (AvgIpc) is 2.60. The zero-order chi connectivity index (χ0) is 17.1. The largest absolute Gasteiger partial charge is 0.710 e. The minimum absolute atomic E-state index is 0.0873. The standard InChI is InChI=1S/C17H27N5O2/c1-21-15(18)14(17(23)19-13-10-6-3-7-11-13)22(24)16(20-21)12-8-4-2-5-9-12/h12-13,18H,2-11H2,1H3,(H,19,23). The minimum atomic E-state index is -0.433. The van der Waals surface area contributed by atoms with Gasteiger partial charge in [-0.2, -0.15) is 4.68 Å². The molecule has 0 radical (unpaired) electrons. The monoisotopic (exact) mass is 333 g/mol. The van der Waals surface area contributed by atoms with Crippen molar-refractivity contribution in [3.05, 3.63) is 22.2 Å². The molecule has 2 N–H and O–H groups in total. The second-order valence-electron chi connectivity index (χ2n) is 7.12. The molecule has 7 heteroatoms. The van der Waals surface area contributed by atoms with E-state index >= 15 is 0 Å². The Morgan fingerprint density at radius 1 is 1.17 bits per heavy atom. The lowest BCUT2D eigenvalue weighted by Gasteiger charge is -2.24. The number of aromatic nitrogens is 3. The van der Waals surface area contributed by atoms with Crippen molar-refractivity contribution in [3.63, 3.8) is 0 Å². The van der Waals surface area contributed by atoms with E-state index in [4.69, 9.17) is 5.41 Å². The van der Waals surface area contributed by atoms with Crippen LogP contribution in [-0.4, -0.2) is 21.7 Å². The van der Waals surface area contributed by atoms with Gasteiger partial charge in [0.25, 0.3) is 5.91 Å². The lowest BCUT2D eigenvalue weighted by molar-refractivity contribution is -0.624. The van der Waals surface area contributed by atoms with E-state index in [0.29, 0.717) is 10.6 Å². The smallest absolute Gasteiger partial charge is 0.330 e. The first-order valence-corrected chi connectivity index (χ1v) is 9.14. The Morgan fingerprint density at radius 3 is 2.38 bits per heavy atom. The van der Waals surface area contributed by atoms with Gasteiger partial charge in [0.05, 0.1) is 18.1 Å². The first kappa shape index (κ1) is 16.9. The van der Waals surface area contributed by atoms with E-state index in [-0.39, 0.29) is 23.1 Å². The Labute approximate surface area is 142 Å². The van der Waals surface area contributed by atoms with E-state index in [1.807, 2.05) is 0 Å². The molecule has 0 spiro atoms. The molecule has 0 bridgehead atoms. The summed E-state index contributed by atoms with van der Waals surface area (Å²) in [4.78, 5) is 12.6. The van der Waals surface area contributed by atoms with Crippen LogP contribution in [0.25, 0.3) is 0 Å². The summed E-state index contributed by atoms with van der Waals surface area (Å²) in [5.41, 5.74) is -0.239. The molecule has 2 aliphatic rings. The number of carbonyl (C=O) groups excluding carboxylic acids is 1. The Bertz CT molecular complexity index is 658. The highest BCUT2D eigenvalue weighted by atomic mass is 16.5. The normalized spacial score (nSPS) is 20.0. The van der Waals surface area contributed by atoms with Gasteiger partial charge < -0.3 is 10.5 Å². The van der Waals surface area contributed by atoms with Crippen LogP contribution in [0.5, 0.6) is 0 Å². The van der Waals surface area contributed by atoms with E-state index in [0.717, 1.165) is 51.4 Å². The van der Waals surface area contributed by atoms with Gasteiger partial charge in [0.1, 0.15) is 0 Å². The molecule has 0 unspecified atom stereocenters. The molecule has 3 rings (SSSR count). The Kier molecular flexibility index (Phi) is 5.16. The first-order chi connectivity index (χ1) is 11.6. The summed E-state index contributed by atoms with van der Waals surface area (Å²) in [5, 5.41) is 28.1. The first-order valence-electron chi connectivity index (χ1n) is 9.14. The molecule has 2 fully saturated rings. The molecule has 1 heterocycles. The highest BCUT2D eigenvalue weighted by Gasteiger charge is 2.31. The lowest BCUT2D eigenvalue weighted by atomic mass is 9.89. The number of aryl methyl sites for hydroxylation is 1. The van der Waals surface area contributed by atoms with Crippen LogP contribution in [0.2, 0.25) is 0 Å². The summed E-state index contributed by atoms with van der Waals surface area (Å²) in [6.07, 6.45) is 10.5. The molecule has 7 nitrogen and oxygen atoms in total. The number of carbonyl (C=O) groups is 1. The maximum Gasteiger partial charge on any atom is 0.330 e. The van der Waals surface area contributed by atoms with Crippen LogP contribution in [0.15, 0.2) is 0 Å². The topological polar surface area (TPSA) is 97.7 Å². The average molecular weight is 333 g/mol. The summed E-state index contributed by atoms with van der Waals surface area (Å²) < 4.78 is 1.98. The van der Waals surface area contributed by atoms with E-state index in [1.165, 1.54) is 17.5 Å². The predicted molar refractivity (Wildman–Crippen MR) is 88.2 cm³/mol. The van der Waals surface area contributed by atoms with Crippen molar-refractivity contribution in [3.8, 4) is 0 Å². The van der Waals surface area contributed by atoms with E-state index in [9.17, 15) is 10.0 Å². The summed E-state index contributed by atoms with van der Waals surface area (Å²) in [6, 6.07) is 0.113. The van der Waals surface area contributed by atoms with Crippen molar-refractivity contribution in [2.45, 2.75) is 76.2 Å². The molecule has 2 aliphatic carbocycles. The molecular formula is C17H27N5O2. The third kappa shape index (κ3) is 3.44. The summed E-state index contributed by atoms with van der Waals surface area (Å²) >= 11 is 0. The van der Waals surface area contributed by atoms with Crippen LogP contribution in [0, 0.1) is 10.6 Å². The van der Waals surface area contributed by atoms with Gasteiger partial charge in [-0.3, -0.25) is 10.2 Å². The molecule has 0 atom stereocenters. The maximum absolute atomic E-state index is 12.8. The molecule has 0 saturated heterocycles. The van der Waals surface area contributed by atoms with E-state index in [1.54, 1.807) is 7.05 Å². The second kappa shape index (κ2) is 7.32. The Balaban J connectivity index is 1.89. The third-order valence-electron chi connectivity index (χ3n) is 5.34. The molecule has 24 heavy (non-hydrogen) atoms. The predicted octanol–water partition coefficient (Wildman–Crippen LogP) is 1.64. The van der Waals surface area contributed by atoms with Crippen LogP contribution in [0.4, 0.5) is 0 Å². The molecule has 132 valence electrons. The van der Waals surface area contributed by atoms with Gasteiger partial charge in [-0.05, 0) is 25.7 Å². The highest BCUT2D eigenvalue weighted by molar-refractivity contribution is 5.90. The maximum atomic E-state index is 12.8. The number of nitrogens with one attached hydrogen (secondary N) is 2. The van der Waals surface area contributed by atoms with Gasteiger partial charge in [-0.25, -0.2) is 4.73 Å². The number of hydrogen-bond acceptors (Lipinski definition) is 4. The highest BCUT2D eigenvalue weighted by Crippen LogP contribution is 2.29. The van der Waals surface area contributed by atoms with Crippen LogP contribution < -0.4 is 15.5 Å². The molecule has 1 aromatic rings. The third-order valence-corrected chi connectivity index (χ3v) is 5.34. The summed E-state index contributed by atoms with van der Waals surface area (Å²) in [6.45, 7) is 0. The number of amides is 1. The van der Waals surface area contributed by atoms with Gasteiger partial charge in [0.15, 0.2) is 0 Å². The molecule has 1 amide bonds. The molecule has 2 saturated carbocycles. The Morgan fingerprint density at radius 2 is 1.75 bits per heavy atom. The number of hydrogen-bond donors (Lipinski definition) is 2. The SMILES string of the molecule is Cn1nc(C2CCCCC2)[n+]([O-])c(C(=O)NC2CCCCC2)c1=N. The van der Waals surface area contributed by atoms with Gasteiger partial charge in [0, 0.05) is 6.04 Å². The summed E-state index contributed by atoms with van der Waals surface area (Å²) in [5.74, 6) is 0.0447. The zero-order valence-corrected chi connectivity index (χ0v) is 14.4. The fourth-order valence-corrected chi connectivity index (χ4v) is 3.92. The van der Waals surface area contributed by atoms with Crippen molar-refractivity contribution in [2.75, 3.05) is 0 Å².